The number of allylic oxidation sites excluding steroid dienone is 1. The highest BCUT2D eigenvalue weighted by atomic mass is 16.2. The monoisotopic (exact) mass is 358 g/mol. The van der Waals surface area contributed by atoms with Crippen molar-refractivity contribution in [3.8, 4) is 0 Å². The third kappa shape index (κ3) is 4.38. The van der Waals surface area contributed by atoms with Gasteiger partial charge in [-0.05, 0) is 43.4 Å². The van der Waals surface area contributed by atoms with E-state index in [0.29, 0.717) is 24.0 Å². The molecule has 8 heteroatoms. The molecule has 1 saturated heterocycles. The third-order valence-electron chi connectivity index (χ3n) is 4.56. The van der Waals surface area contributed by atoms with Crippen molar-refractivity contribution < 1.29 is 9.59 Å². The van der Waals surface area contributed by atoms with E-state index in [1.807, 2.05) is 0 Å². The summed E-state index contributed by atoms with van der Waals surface area (Å²) >= 11 is 0. The van der Waals surface area contributed by atoms with Crippen molar-refractivity contribution in [1.82, 2.24) is 15.2 Å². The second-order valence-corrected chi connectivity index (χ2v) is 6.57. The molecule has 0 aliphatic carbocycles. The Bertz CT molecular complexity index is 730. The normalized spacial score (nSPS) is 20.4. The molecule has 5 N–H and O–H groups in total. The number of piperidine rings is 1. The maximum absolute atomic E-state index is 12.8. The maximum Gasteiger partial charge on any atom is 0.313 e. The number of nitrogens with zero attached hydrogens (tertiary/aromatic N) is 2. The van der Waals surface area contributed by atoms with E-state index in [4.69, 9.17) is 11.1 Å². The first-order valence-electron chi connectivity index (χ1n) is 8.59. The molecule has 26 heavy (non-hydrogen) atoms. The number of aromatic nitrogens is 1. The van der Waals surface area contributed by atoms with Gasteiger partial charge in [0.1, 0.15) is 5.82 Å². The Labute approximate surface area is 153 Å². The third-order valence-corrected chi connectivity index (χ3v) is 4.56. The van der Waals surface area contributed by atoms with Crippen LogP contribution in [-0.4, -0.2) is 47.5 Å². The minimum Gasteiger partial charge on any atom is -0.390 e. The summed E-state index contributed by atoms with van der Waals surface area (Å²) in [7, 11) is 1.75. The number of likely N-dealkylation sites (tertiary alicyclic amines) is 1. The molecule has 140 valence electrons. The molecule has 1 aliphatic heterocycles. The molecule has 0 saturated carbocycles. The van der Waals surface area contributed by atoms with Gasteiger partial charge in [-0.1, -0.05) is 6.92 Å². The summed E-state index contributed by atoms with van der Waals surface area (Å²) < 4.78 is 0. The number of hydrogen-bond donors (Lipinski definition) is 4. The fraction of sp³-hybridized carbons (Fsp3) is 0.444. The van der Waals surface area contributed by atoms with E-state index in [1.54, 1.807) is 31.0 Å². The van der Waals surface area contributed by atoms with Crippen LogP contribution in [0.5, 0.6) is 0 Å². The zero-order valence-corrected chi connectivity index (χ0v) is 15.4. The minimum absolute atomic E-state index is 0.248. The molecule has 2 rings (SSSR count). The van der Waals surface area contributed by atoms with Gasteiger partial charge in [-0.25, -0.2) is 4.98 Å². The number of anilines is 2. The van der Waals surface area contributed by atoms with E-state index in [-0.39, 0.29) is 6.04 Å². The van der Waals surface area contributed by atoms with Gasteiger partial charge in [0.05, 0.1) is 17.9 Å². The van der Waals surface area contributed by atoms with Crippen LogP contribution in [0.25, 0.3) is 0 Å². The molecule has 2 atom stereocenters. The van der Waals surface area contributed by atoms with Gasteiger partial charge in [-0.15, -0.1) is 0 Å². The summed E-state index contributed by atoms with van der Waals surface area (Å²) in [4.78, 5) is 30.8. The molecule has 0 bridgehead atoms. The number of amides is 2. The minimum atomic E-state index is -0.708. The molecule has 2 amide bonds. The Hall–Kier alpha value is -2.90. The van der Waals surface area contributed by atoms with Crippen molar-refractivity contribution in [1.29, 1.82) is 5.41 Å². The summed E-state index contributed by atoms with van der Waals surface area (Å²) in [6, 6.07) is 1.43. The first-order valence-corrected chi connectivity index (χ1v) is 8.59. The van der Waals surface area contributed by atoms with Gasteiger partial charge in [0.15, 0.2) is 0 Å². The highest BCUT2D eigenvalue weighted by Gasteiger charge is 2.35. The number of likely N-dealkylation sites (N-methyl/N-ethyl adjacent to an activating group) is 1. The lowest BCUT2D eigenvalue weighted by Gasteiger charge is -2.39. The highest BCUT2D eigenvalue weighted by molar-refractivity contribution is 6.39. The fourth-order valence-corrected chi connectivity index (χ4v) is 3.12. The van der Waals surface area contributed by atoms with Crippen LogP contribution in [0.3, 0.4) is 0 Å². The number of carbonyl (C=O) groups excluding carboxylic acids is 2. The molecule has 0 aromatic carbocycles. The number of aryl methyl sites for hydroxylation is 1. The van der Waals surface area contributed by atoms with Crippen LogP contribution in [0.1, 0.15) is 25.3 Å². The quantitative estimate of drug-likeness (QED) is 0.477. The van der Waals surface area contributed by atoms with E-state index in [0.717, 1.165) is 24.1 Å². The Balaban J connectivity index is 2.19. The molecule has 0 radical (unpaired) electrons. The number of carbonyl (C=O) groups is 2. The summed E-state index contributed by atoms with van der Waals surface area (Å²) in [5, 5.41) is 12.9. The molecule has 1 aromatic heterocycles. The van der Waals surface area contributed by atoms with E-state index in [2.05, 4.69) is 22.5 Å². The number of nitrogens with two attached hydrogens (primary N) is 1. The second-order valence-electron chi connectivity index (χ2n) is 6.57. The highest BCUT2D eigenvalue weighted by Crippen LogP contribution is 2.26. The van der Waals surface area contributed by atoms with Crippen LogP contribution < -0.4 is 16.4 Å². The van der Waals surface area contributed by atoms with E-state index in [1.165, 1.54) is 12.4 Å². The first kappa shape index (κ1) is 19.4. The molecule has 1 aromatic rings. The van der Waals surface area contributed by atoms with Gasteiger partial charge in [0, 0.05) is 25.5 Å². The van der Waals surface area contributed by atoms with Gasteiger partial charge in [-0.2, -0.15) is 0 Å². The van der Waals surface area contributed by atoms with E-state index in [9.17, 15) is 9.59 Å². The van der Waals surface area contributed by atoms with Crippen molar-refractivity contribution in [2.24, 2.45) is 5.92 Å². The van der Waals surface area contributed by atoms with E-state index >= 15 is 0 Å². The molecular formula is C18H26N6O2. The van der Waals surface area contributed by atoms with Crippen LogP contribution in [0, 0.1) is 18.3 Å². The predicted molar refractivity (Wildman–Crippen MR) is 102 cm³/mol. The number of nitrogens with one attached hydrogen (secondary N) is 3. The van der Waals surface area contributed by atoms with Gasteiger partial charge in [0.2, 0.25) is 0 Å². The molecule has 2 heterocycles. The van der Waals surface area contributed by atoms with Crippen molar-refractivity contribution >= 4 is 29.5 Å². The van der Waals surface area contributed by atoms with Gasteiger partial charge >= 0.3 is 11.8 Å². The number of rotatable bonds is 4. The number of pyridine rings is 1. The summed E-state index contributed by atoms with van der Waals surface area (Å²) in [5.74, 6) is -0.612. The molecular weight excluding hydrogens is 332 g/mol. The maximum atomic E-state index is 12.8. The standard InChI is InChI=1S/C18H26N6O2/c1-11-4-5-15(14(21-3)6-7-19)24(10-11)18(26)17(25)23-13-8-12(2)16(20)22-9-13/h6-9,11,15,19,21H,4-5,10H2,1-3H3,(H2,20,22)(H,23,25)/b14-6-,19-7?/t11-,15-/m1/s1. The Morgan fingerprint density at radius 1 is 1.42 bits per heavy atom. The second kappa shape index (κ2) is 8.46. The van der Waals surface area contributed by atoms with Crippen molar-refractivity contribution in [3.05, 3.63) is 29.6 Å². The average Bonchev–Trinajstić information content (AvgIpc) is 2.62. The SMILES string of the molecule is CN/C(=C\C=N)[C@H]1CC[C@@H](C)CN1C(=O)C(=O)Nc1cnc(N)c(C)c1. The number of hydrogen-bond acceptors (Lipinski definition) is 6. The largest absolute Gasteiger partial charge is 0.390 e. The van der Waals surface area contributed by atoms with Gasteiger partial charge in [0.25, 0.3) is 0 Å². The van der Waals surface area contributed by atoms with Crippen LogP contribution >= 0.6 is 0 Å². The lowest BCUT2D eigenvalue weighted by atomic mass is 9.92. The Kier molecular flexibility index (Phi) is 6.32. The summed E-state index contributed by atoms with van der Waals surface area (Å²) in [6.45, 7) is 4.33. The lowest BCUT2D eigenvalue weighted by Crippen LogP contribution is -2.52. The molecule has 1 fully saturated rings. The van der Waals surface area contributed by atoms with Crippen molar-refractivity contribution in [2.75, 3.05) is 24.6 Å². The van der Waals surface area contributed by atoms with Crippen LogP contribution in [0.15, 0.2) is 24.0 Å². The lowest BCUT2D eigenvalue weighted by molar-refractivity contribution is -0.145. The zero-order valence-electron chi connectivity index (χ0n) is 15.4. The van der Waals surface area contributed by atoms with Gasteiger partial charge in [-0.3, -0.25) is 9.59 Å². The smallest absolute Gasteiger partial charge is 0.313 e. The average molecular weight is 358 g/mol. The van der Waals surface area contributed by atoms with Crippen LogP contribution in [-0.2, 0) is 9.59 Å². The van der Waals surface area contributed by atoms with Gasteiger partial charge < -0.3 is 26.7 Å². The van der Waals surface area contributed by atoms with Crippen molar-refractivity contribution in [3.63, 3.8) is 0 Å². The van der Waals surface area contributed by atoms with E-state index < -0.39 is 11.8 Å². The molecule has 8 nitrogen and oxygen atoms in total. The van der Waals surface area contributed by atoms with Crippen molar-refractivity contribution in [2.45, 2.75) is 32.7 Å². The Morgan fingerprint density at radius 3 is 2.77 bits per heavy atom. The predicted octanol–water partition coefficient (Wildman–Crippen LogP) is 1.29. The topological polar surface area (TPSA) is 124 Å². The Morgan fingerprint density at radius 2 is 2.15 bits per heavy atom. The molecule has 0 unspecified atom stereocenters. The molecule has 0 spiro atoms. The number of nitrogen functional groups attached to an aromatic ring is 1. The van der Waals surface area contributed by atoms with Crippen LogP contribution in [0.2, 0.25) is 0 Å². The zero-order chi connectivity index (χ0) is 19.3. The summed E-state index contributed by atoms with van der Waals surface area (Å²) in [6.07, 6.45) is 5.91. The molecule has 1 aliphatic rings. The summed E-state index contributed by atoms with van der Waals surface area (Å²) in [5.41, 5.74) is 7.58. The fourth-order valence-electron chi connectivity index (χ4n) is 3.12. The van der Waals surface area contributed by atoms with Crippen LogP contribution in [0.4, 0.5) is 11.5 Å². The first-order chi connectivity index (χ1) is 12.4.